The topological polar surface area (TPSA) is 12.0 Å². The number of rotatable bonds is 3. The molecular formula is C13H10BrF4NS. The summed E-state index contributed by atoms with van der Waals surface area (Å²) in [4.78, 5) is 0.728. The van der Waals surface area contributed by atoms with Crippen molar-refractivity contribution in [3.8, 4) is 0 Å². The molecule has 0 spiro atoms. The van der Waals surface area contributed by atoms with E-state index in [-0.39, 0.29) is 5.56 Å². The van der Waals surface area contributed by atoms with E-state index in [0.29, 0.717) is 0 Å². The molecule has 1 heterocycles. The van der Waals surface area contributed by atoms with Gasteiger partial charge < -0.3 is 5.32 Å². The minimum Gasteiger partial charge on any atom is -0.309 e. The van der Waals surface area contributed by atoms with Crippen molar-refractivity contribution in [2.24, 2.45) is 0 Å². The number of hydrogen-bond acceptors (Lipinski definition) is 2. The highest BCUT2D eigenvalue weighted by atomic mass is 79.9. The van der Waals surface area contributed by atoms with Crippen LogP contribution in [0.1, 0.15) is 22.0 Å². The van der Waals surface area contributed by atoms with Gasteiger partial charge in [0.05, 0.1) is 11.6 Å². The summed E-state index contributed by atoms with van der Waals surface area (Å²) in [5, 5.41) is 4.64. The van der Waals surface area contributed by atoms with Crippen LogP contribution in [0.25, 0.3) is 0 Å². The highest BCUT2D eigenvalue weighted by Gasteiger charge is 2.36. The molecule has 2 aromatic rings. The lowest BCUT2D eigenvalue weighted by atomic mass is 10.0. The summed E-state index contributed by atoms with van der Waals surface area (Å²) >= 11 is 4.66. The molecule has 0 aliphatic heterocycles. The summed E-state index contributed by atoms with van der Waals surface area (Å²) < 4.78 is 53.1. The smallest absolute Gasteiger partial charge is 0.309 e. The van der Waals surface area contributed by atoms with Crippen LogP contribution in [-0.2, 0) is 6.18 Å². The van der Waals surface area contributed by atoms with Gasteiger partial charge in [0.1, 0.15) is 5.82 Å². The molecular weight excluding hydrogens is 358 g/mol. The summed E-state index contributed by atoms with van der Waals surface area (Å²) in [6.07, 6.45) is -4.70. The SMILES string of the molecule is CNC(c1cccc(C(F)(F)F)c1F)c1sccc1Br. The fraction of sp³-hybridized carbons (Fsp3) is 0.231. The van der Waals surface area contributed by atoms with Gasteiger partial charge in [-0.3, -0.25) is 0 Å². The van der Waals surface area contributed by atoms with Gasteiger partial charge in [-0.1, -0.05) is 12.1 Å². The average molecular weight is 368 g/mol. The van der Waals surface area contributed by atoms with Crippen LogP contribution >= 0.6 is 27.3 Å². The maximum absolute atomic E-state index is 14.2. The first-order valence-corrected chi connectivity index (χ1v) is 7.29. The quantitative estimate of drug-likeness (QED) is 0.754. The third-order valence-corrected chi connectivity index (χ3v) is 4.78. The number of thiophene rings is 1. The number of benzene rings is 1. The summed E-state index contributed by atoms with van der Waals surface area (Å²) in [7, 11) is 1.58. The zero-order chi connectivity index (χ0) is 14.9. The van der Waals surface area contributed by atoms with E-state index in [2.05, 4.69) is 21.2 Å². The third kappa shape index (κ3) is 2.89. The molecule has 1 unspecified atom stereocenters. The molecule has 0 saturated carbocycles. The minimum atomic E-state index is -4.70. The van der Waals surface area contributed by atoms with E-state index < -0.39 is 23.6 Å². The van der Waals surface area contributed by atoms with E-state index in [0.717, 1.165) is 15.4 Å². The molecule has 0 fully saturated rings. The van der Waals surface area contributed by atoms with Crippen molar-refractivity contribution in [3.63, 3.8) is 0 Å². The molecule has 1 aromatic carbocycles. The Morgan fingerprint density at radius 2 is 1.95 bits per heavy atom. The first-order chi connectivity index (χ1) is 9.36. The Bertz CT molecular complexity index is 609. The largest absolute Gasteiger partial charge is 0.419 e. The Labute approximate surface area is 125 Å². The van der Waals surface area contributed by atoms with Crippen molar-refractivity contribution in [1.29, 1.82) is 0 Å². The second-order valence-electron chi connectivity index (χ2n) is 4.06. The van der Waals surface area contributed by atoms with E-state index >= 15 is 0 Å². The van der Waals surface area contributed by atoms with Crippen molar-refractivity contribution in [2.45, 2.75) is 12.2 Å². The van der Waals surface area contributed by atoms with Gasteiger partial charge in [0.15, 0.2) is 0 Å². The fourth-order valence-electron chi connectivity index (χ4n) is 1.93. The summed E-state index contributed by atoms with van der Waals surface area (Å²) in [6, 6.07) is 4.46. The van der Waals surface area contributed by atoms with Crippen LogP contribution in [0, 0.1) is 5.82 Å². The summed E-state index contributed by atoms with van der Waals surface area (Å²) in [5.74, 6) is -1.24. The maximum Gasteiger partial charge on any atom is 0.419 e. The van der Waals surface area contributed by atoms with E-state index in [9.17, 15) is 17.6 Å². The van der Waals surface area contributed by atoms with E-state index in [1.54, 1.807) is 18.5 Å². The molecule has 0 bridgehead atoms. The molecule has 7 heteroatoms. The molecule has 1 aromatic heterocycles. The first-order valence-electron chi connectivity index (χ1n) is 5.62. The highest BCUT2D eigenvalue weighted by molar-refractivity contribution is 9.10. The molecule has 108 valence electrons. The van der Waals surface area contributed by atoms with Gasteiger partial charge in [0, 0.05) is 14.9 Å². The predicted octanol–water partition coefficient (Wildman–Crippen LogP) is 4.98. The molecule has 2 rings (SSSR count). The lowest BCUT2D eigenvalue weighted by molar-refractivity contribution is -0.140. The van der Waals surface area contributed by atoms with Crippen LogP contribution in [0.5, 0.6) is 0 Å². The number of hydrogen-bond donors (Lipinski definition) is 1. The highest BCUT2D eigenvalue weighted by Crippen LogP contribution is 2.38. The van der Waals surface area contributed by atoms with Crippen LogP contribution in [0.15, 0.2) is 34.1 Å². The Kier molecular flexibility index (Phi) is 4.51. The van der Waals surface area contributed by atoms with Crippen LogP contribution in [0.4, 0.5) is 17.6 Å². The minimum absolute atomic E-state index is 0.0227. The Morgan fingerprint density at radius 3 is 2.45 bits per heavy atom. The van der Waals surface area contributed by atoms with Crippen LogP contribution in [-0.4, -0.2) is 7.05 Å². The van der Waals surface area contributed by atoms with Gasteiger partial charge in [0.25, 0.3) is 0 Å². The van der Waals surface area contributed by atoms with Crippen molar-refractivity contribution < 1.29 is 17.6 Å². The van der Waals surface area contributed by atoms with Crippen molar-refractivity contribution in [2.75, 3.05) is 7.05 Å². The molecule has 1 nitrogen and oxygen atoms in total. The average Bonchev–Trinajstić information content (AvgIpc) is 2.77. The normalized spacial score (nSPS) is 13.5. The Hall–Kier alpha value is -0.920. The molecule has 0 saturated heterocycles. The monoisotopic (exact) mass is 367 g/mol. The Balaban J connectivity index is 2.54. The van der Waals surface area contributed by atoms with Gasteiger partial charge in [-0.05, 0) is 40.5 Å². The number of alkyl halides is 3. The van der Waals surface area contributed by atoms with Crippen molar-refractivity contribution in [3.05, 3.63) is 55.9 Å². The van der Waals surface area contributed by atoms with Crippen LogP contribution < -0.4 is 5.32 Å². The molecule has 20 heavy (non-hydrogen) atoms. The van der Waals surface area contributed by atoms with E-state index in [1.165, 1.54) is 23.5 Å². The van der Waals surface area contributed by atoms with Gasteiger partial charge in [0.2, 0.25) is 0 Å². The second kappa shape index (κ2) is 5.83. The number of halogens is 5. The lowest BCUT2D eigenvalue weighted by Gasteiger charge is -2.19. The third-order valence-electron chi connectivity index (χ3n) is 2.84. The van der Waals surface area contributed by atoms with Crippen molar-refractivity contribution >= 4 is 27.3 Å². The van der Waals surface area contributed by atoms with Gasteiger partial charge in [-0.25, -0.2) is 4.39 Å². The molecule has 0 amide bonds. The molecule has 0 aliphatic carbocycles. The van der Waals surface area contributed by atoms with E-state index in [4.69, 9.17) is 0 Å². The van der Waals surface area contributed by atoms with Crippen molar-refractivity contribution in [1.82, 2.24) is 5.32 Å². The molecule has 1 N–H and O–H groups in total. The first kappa shape index (κ1) is 15.5. The lowest BCUT2D eigenvalue weighted by Crippen LogP contribution is -2.20. The van der Waals surface area contributed by atoms with Gasteiger partial charge >= 0.3 is 6.18 Å². The van der Waals surface area contributed by atoms with E-state index in [1.807, 2.05) is 0 Å². The summed E-state index contributed by atoms with van der Waals surface area (Å²) in [5.41, 5.74) is -1.27. The standard InChI is InChI=1S/C13H10BrF4NS/c1-19-11(12-9(14)5-6-20-12)7-3-2-4-8(10(7)15)13(16,17)18/h2-6,11,19H,1H3. The second-order valence-corrected chi connectivity index (χ2v) is 5.86. The molecule has 1 atom stereocenters. The number of nitrogens with one attached hydrogen (secondary N) is 1. The summed E-state index contributed by atoms with van der Waals surface area (Å²) in [6.45, 7) is 0. The van der Waals surface area contributed by atoms with Crippen LogP contribution in [0.2, 0.25) is 0 Å². The zero-order valence-corrected chi connectivity index (χ0v) is 12.7. The fourth-order valence-corrected chi connectivity index (χ4v) is 3.66. The van der Waals surface area contributed by atoms with Gasteiger partial charge in [-0.2, -0.15) is 13.2 Å². The predicted molar refractivity (Wildman–Crippen MR) is 74.3 cm³/mol. The van der Waals surface area contributed by atoms with Crippen LogP contribution in [0.3, 0.4) is 0 Å². The van der Waals surface area contributed by atoms with Gasteiger partial charge in [-0.15, -0.1) is 11.3 Å². The molecule has 0 radical (unpaired) electrons. The maximum atomic E-state index is 14.2. The molecule has 0 aliphatic rings. The Morgan fingerprint density at radius 1 is 1.25 bits per heavy atom. The zero-order valence-electron chi connectivity index (χ0n) is 10.3.